The molecule has 2 aromatic carbocycles. The number of carbonyl (C=O) groups is 2. The first-order chi connectivity index (χ1) is 21.2. The van der Waals surface area contributed by atoms with Crippen molar-refractivity contribution >= 4 is 11.9 Å². The third kappa shape index (κ3) is 13.4. The number of carbonyl (C=O) groups excluding carboxylic acids is 2. The van der Waals surface area contributed by atoms with Crippen LogP contribution in [0.5, 0.6) is 11.5 Å². The van der Waals surface area contributed by atoms with Crippen LogP contribution in [0.2, 0.25) is 0 Å². The molecule has 0 amide bonds. The van der Waals surface area contributed by atoms with Crippen molar-refractivity contribution in [1.82, 2.24) is 0 Å². The average molecular weight is 629 g/mol. The van der Waals surface area contributed by atoms with Gasteiger partial charge in [0.2, 0.25) is 0 Å². The van der Waals surface area contributed by atoms with Gasteiger partial charge >= 0.3 is 11.9 Å². The SMILES string of the molecule is C=C(C)C(=O)OCCOC(C)OC(C)Oc1ccc(C(C)(C)c2ccc(OC(C)OC(C)OCCOC(=O)C(=C)C)cc2)cc1. The van der Waals surface area contributed by atoms with E-state index in [0.717, 1.165) is 11.1 Å². The lowest BCUT2D eigenvalue weighted by Crippen LogP contribution is -2.26. The Kier molecular flexibility index (Phi) is 15.3. The molecule has 2 rings (SSSR count). The summed E-state index contributed by atoms with van der Waals surface area (Å²) in [7, 11) is 0. The van der Waals surface area contributed by atoms with Crippen LogP contribution in [-0.2, 0) is 43.4 Å². The third-order valence-corrected chi connectivity index (χ3v) is 6.56. The molecule has 248 valence electrons. The Morgan fingerprint density at radius 2 is 0.933 bits per heavy atom. The van der Waals surface area contributed by atoms with Gasteiger partial charge in [-0.25, -0.2) is 9.59 Å². The summed E-state index contributed by atoms with van der Waals surface area (Å²) >= 11 is 0. The predicted octanol–water partition coefficient (Wildman–Crippen LogP) is 6.46. The van der Waals surface area contributed by atoms with Gasteiger partial charge in [-0.05, 0) is 76.9 Å². The zero-order valence-electron chi connectivity index (χ0n) is 27.8. The Morgan fingerprint density at radius 3 is 1.24 bits per heavy atom. The summed E-state index contributed by atoms with van der Waals surface area (Å²) in [6, 6.07) is 15.7. The average Bonchev–Trinajstić information content (AvgIpc) is 2.97. The van der Waals surface area contributed by atoms with Crippen molar-refractivity contribution in [3.63, 3.8) is 0 Å². The van der Waals surface area contributed by atoms with E-state index in [4.69, 9.17) is 37.9 Å². The highest BCUT2D eigenvalue weighted by Crippen LogP contribution is 2.33. The largest absolute Gasteiger partial charge is 0.465 e. The number of esters is 2. The van der Waals surface area contributed by atoms with E-state index in [9.17, 15) is 9.59 Å². The van der Waals surface area contributed by atoms with Crippen molar-refractivity contribution in [2.45, 2.75) is 86.0 Å². The maximum absolute atomic E-state index is 11.4. The first-order valence-electron chi connectivity index (χ1n) is 14.9. The van der Waals surface area contributed by atoms with Crippen LogP contribution in [0, 0.1) is 0 Å². The second-order valence-electron chi connectivity index (χ2n) is 11.0. The minimum Gasteiger partial charge on any atom is -0.465 e. The molecule has 10 nitrogen and oxygen atoms in total. The Balaban J connectivity index is 1.81. The van der Waals surface area contributed by atoms with E-state index in [2.05, 4.69) is 27.0 Å². The second-order valence-corrected chi connectivity index (χ2v) is 11.0. The molecule has 0 spiro atoms. The Labute approximate surface area is 267 Å². The third-order valence-electron chi connectivity index (χ3n) is 6.56. The van der Waals surface area contributed by atoms with Crippen molar-refractivity contribution in [2.75, 3.05) is 26.4 Å². The van der Waals surface area contributed by atoms with E-state index in [1.165, 1.54) is 0 Å². The maximum Gasteiger partial charge on any atom is 0.333 e. The molecular weight excluding hydrogens is 580 g/mol. The van der Waals surface area contributed by atoms with Crippen molar-refractivity contribution in [3.05, 3.63) is 84.0 Å². The molecule has 0 aliphatic rings. The molecule has 0 heterocycles. The van der Waals surface area contributed by atoms with E-state index < -0.39 is 37.1 Å². The highest BCUT2D eigenvalue weighted by atomic mass is 16.8. The predicted molar refractivity (Wildman–Crippen MR) is 170 cm³/mol. The molecule has 0 fully saturated rings. The first-order valence-corrected chi connectivity index (χ1v) is 14.9. The number of benzene rings is 2. The molecule has 4 unspecified atom stereocenters. The van der Waals surface area contributed by atoms with Crippen molar-refractivity contribution in [3.8, 4) is 11.5 Å². The van der Waals surface area contributed by atoms with Gasteiger partial charge in [0.1, 0.15) is 24.7 Å². The lowest BCUT2D eigenvalue weighted by Gasteiger charge is -2.27. The fourth-order valence-electron chi connectivity index (χ4n) is 4.07. The van der Waals surface area contributed by atoms with E-state index in [-0.39, 0.29) is 31.8 Å². The zero-order valence-corrected chi connectivity index (χ0v) is 27.8. The Bertz CT molecular complexity index is 1140. The van der Waals surface area contributed by atoms with Crippen LogP contribution in [0.25, 0.3) is 0 Å². The Morgan fingerprint density at radius 1 is 0.600 bits per heavy atom. The van der Waals surface area contributed by atoms with Gasteiger partial charge in [-0.1, -0.05) is 51.3 Å². The summed E-state index contributed by atoms with van der Waals surface area (Å²) < 4.78 is 44.3. The van der Waals surface area contributed by atoms with Crippen LogP contribution in [0.1, 0.15) is 66.5 Å². The standard InChI is InChI=1S/C35H48O10/c1-23(2)33(36)40-21-19-38-25(5)42-27(7)44-31-15-11-29(12-16-31)35(9,10)30-13-17-32(18-14-30)45-28(8)43-26(6)39-20-22-41-34(37)24(3)4/h11-18,25-28H,1,3,19-22H2,2,4-10H3. The minimum absolute atomic E-state index is 0.114. The Hall–Kier alpha value is -3.70. The van der Waals surface area contributed by atoms with Gasteiger partial charge in [-0.15, -0.1) is 0 Å². The van der Waals surface area contributed by atoms with Crippen LogP contribution < -0.4 is 9.47 Å². The topological polar surface area (TPSA) is 108 Å². The van der Waals surface area contributed by atoms with E-state index in [0.29, 0.717) is 22.6 Å². The molecule has 0 aromatic heterocycles. The van der Waals surface area contributed by atoms with E-state index >= 15 is 0 Å². The minimum atomic E-state index is -0.559. The first kappa shape index (κ1) is 37.5. The molecule has 0 saturated carbocycles. The molecule has 10 heteroatoms. The smallest absolute Gasteiger partial charge is 0.333 e. The van der Waals surface area contributed by atoms with Crippen LogP contribution in [-0.4, -0.2) is 63.5 Å². The number of rotatable bonds is 20. The molecule has 0 saturated heterocycles. The molecule has 0 N–H and O–H groups in total. The lowest BCUT2D eigenvalue weighted by atomic mass is 9.78. The number of ether oxygens (including phenoxy) is 8. The van der Waals surface area contributed by atoms with Crippen molar-refractivity contribution < 1.29 is 47.5 Å². The molecule has 0 aliphatic heterocycles. The molecular formula is C35H48O10. The van der Waals surface area contributed by atoms with Gasteiger partial charge < -0.3 is 37.9 Å². The van der Waals surface area contributed by atoms with Crippen LogP contribution in [0.4, 0.5) is 0 Å². The highest BCUT2D eigenvalue weighted by Gasteiger charge is 2.24. The zero-order chi connectivity index (χ0) is 33.6. The van der Waals surface area contributed by atoms with Crippen LogP contribution >= 0.6 is 0 Å². The molecule has 4 atom stereocenters. The molecule has 2 aromatic rings. The fraction of sp³-hybridized carbons (Fsp3) is 0.486. The van der Waals surface area contributed by atoms with Gasteiger partial charge in [0.25, 0.3) is 0 Å². The second kappa shape index (κ2) is 18.3. The molecule has 0 aliphatic carbocycles. The van der Waals surface area contributed by atoms with Crippen molar-refractivity contribution in [1.29, 1.82) is 0 Å². The van der Waals surface area contributed by atoms with Crippen LogP contribution in [0.15, 0.2) is 72.8 Å². The fourth-order valence-corrected chi connectivity index (χ4v) is 4.07. The summed E-state index contributed by atoms with van der Waals surface area (Å²) in [5, 5.41) is 0. The summed E-state index contributed by atoms with van der Waals surface area (Å²) in [6.45, 7) is 22.2. The van der Waals surface area contributed by atoms with Gasteiger partial charge in [-0.3, -0.25) is 0 Å². The monoisotopic (exact) mass is 628 g/mol. The lowest BCUT2D eigenvalue weighted by molar-refractivity contribution is -0.208. The van der Waals surface area contributed by atoms with Crippen molar-refractivity contribution in [2.24, 2.45) is 0 Å². The molecule has 45 heavy (non-hydrogen) atoms. The quantitative estimate of drug-likeness (QED) is 0.0702. The molecule has 0 radical (unpaired) electrons. The maximum atomic E-state index is 11.4. The summed E-state index contributed by atoms with van der Waals surface area (Å²) in [4.78, 5) is 22.8. The van der Waals surface area contributed by atoms with Gasteiger partial charge in [0, 0.05) is 16.6 Å². The number of hydrogen-bond donors (Lipinski definition) is 0. The van der Waals surface area contributed by atoms with Crippen LogP contribution in [0.3, 0.4) is 0 Å². The van der Waals surface area contributed by atoms with E-state index in [1.807, 2.05) is 48.5 Å². The van der Waals surface area contributed by atoms with Gasteiger partial charge in [-0.2, -0.15) is 0 Å². The normalized spacial score (nSPS) is 14.0. The van der Waals surface area contributed by atoms with Gasteiger partial charge in [0.15, 0.2) is 25.2 Å². The number of hydrogen-bond acceptors (Lipinski definition) is 10. The summed E-state index contributed by atoms with van der Waals surface area (Å²) in [5.41, 5.74) is 2.61. The van der Waals surface area contributed by atoms with Gasteiger partial charge in [0.05, 0.1) is 13.2 Å². The molecule has 0 bridgehead atoms. The summed E-state index contributed by atoms with van der Waals surface area (Å²) in [5.74, 6) is 0.420. The highest BCUT2D eigenvalue weighted by molar-refractivity contribution is 5.87. The van der Waals surface area contributed by atoms with E-state index in [1.54, 1.807) is 41.5 Å². The summed E-state index contributed by atoms with van der Waals surface area (Å²) in [6.07, 6.45) is -2.22.